The van der Waals surface area contributed by atoms with Crippen molar-refractivity contribution in [1.82, 2.24) is 9.80 Å². The first kappa shape index (κ1) is 32.3. The van der Waals surface area contributed by atoms with Crippen LogP contribution in [0.4, 0.5) is 0 Å². The normalized spacial score (nSPS) is 12.2. The predicted octanol–water partition coefficient (Wildman–Crippen LogP) is 6.63. The molecule has 0 saturated heterocycles. The minimum absolute atomic E-state index is 0.0582. The summed E-state index contributed by atoms with van der Waals surface area (Å²) in [6, 6.07) is 4.37. The van der Waals surface area contributed by atoms with E-state index >= 15 is 0 Å². The van der Waals surface area contributed by atoms with Crippen molar-refractivity contribution in [2.24, 2.45) is 0 Å². The van der Waals surface area contributed by atoms with Gasteiger partial charge < -0.3 is 14.2 Å². The first-order valence-corrected chi connectivity index (χ1v) is 17.4. The van der Waals surface area contributed by atoms with Crippen LogP contribution in [0.15, 0.2) is 12.1 Å². The monoisotopic (exact) mass is 592 g/mol. The van der Waals surface area contributed by atoms with E-state index < -0.39 is 8.32 Å². The number of halogens is 1. The van der Waals surface area contributed by atoms with Gasteiger partial charge in [-0.2, -0.15) is 24.6 Å². The molecule has 0 aliphatic rings. The number of nitrogens with zero attached hydrogens (tertiary/aromatic N) is 2. The fraction of sp³-hybridized carbons (Fsp3) is 0.708. The number of hydrogen-bond acceptors (Lipinski definition) is 3. The molecular weight excluding hydrogens is 547 g/mol. The molecule has 180 valence electrons. The zero-order chi connectivity index (χ0) is 24.5. The zero-order valence-electron chi connectivity index (χ0n) is 21.8. The topological polar surface area (TPSA) is 15.7 Å². The largest absolute Gasteiger partial charge is 0.545 e. The maximum Gasteiger partial charge on any atom is 0.242 e. The van der Waals surface area contributed by atoms with E-state index in [1.165, 1.54) is 11.1 Å². The van der Waals surface area contributed by atoms with Gasteiger partial charge in [-0.05, 0) is 58.7 Å². The average Bonchev–Trinajstić information content (AvgIpc) is 2.53. The number of hydrogen-bond donors (Lipinski definition) is 0. The van der Waals surface area contributed by atoms with Crippen LogP contribution >= 0.6 is 13.4 Å². The predicted molar refractivity (Wildman–Crippen MR) is 138 cm³/mol. The van der Waals surface area contributed by atoms with Crippen LogP contribution < -0.4 is 4.43 Å². The molecule has 0 saturated carbocycles. The van der Waals surface area contributed by atoms with Crippen LogP contribution in [0.1, 0.15) is 58.2 Å². The van der Waals surface area contributed by atoms with E-state index in [2.05, 4.69) is 149 Å². The Morgan fingerprint density at radius 1 is 0.833 bits per heavy atom. The molecular formula is C24H47BrN2OPdSi. The molecule has 0 N–H and O–H groups in total. The second kappa shape index (κ2) is 13.7. The zero-order valence-corrected chi connectivity index (χ0v) is 25.9. The van der Waals surface area contributed by atoms with Crippen molar-refractivity contribution in [3.63, 3.8) is 0 Å². The van der Waals surface area contributed by atoms with E-state index in [9.17, 15) is 0 Å². The van der Waals surface area contributed by atoms with Gasteiger partial charge in [-0.3, -0.25) is 0 Å². The summed E-state index contributed by atoms with van der Waals surface area (Å²) in [6.45, 7) is 26.6. The summed E-state index contributed by atoms with van der Waals surface area (Å²) in [7, 11) is 6.69. The molecule has 0 heterocycles. The average molecular weight is 594 g/mol. The van der Waals surface area contributed by atoms with Crippen LogP contribution in [0.5, 0.6) is 5.75 Å². The Morgan fingerprint density at radius 2 is 1.13 bits per heavy atom. The third kappa shape index (κ3) is 14.3. The molecule has 1 rings (SSSR count). The first-order valence-electron chi connectivity index (χ1n) is 10.5. The van der Waals surface area contributed by atoms with Gasteiger partial charge >= 0.3 is 30.6 Å². The summed E-state index contributed by atoms with van der Waals surface area (Å²) in [6.07, 6.45) is 0. The van der Waals surface area contributed by atoms with E-state index in [1.807, 2.05) is 0 Å². The molecule has 30 heavy (non-hydrogen) atoms. The summed E-state index contributed by atoms with van der Waals surface area (Å²) in [5.41, 5.74) is 3.74. The minimum atomic E-state index is -1.66. The van der Waals surface area contributed by atoms with Gasteiger partial charge in [0, 0.05) is 13.1 Å². The molecule has 1 aromatic carbocycles. The maximum absolute atomic E-state index is 6.48. The summed E-state index contributed by atoms with van der Waals surface area (Å²) in [4.78, 5) is 4.36. The van der Waals surface area contributed by atoms with Crippen LogP contribution in [0, 0.1) is 6.92 Å². The number of likely N-dealkylation sites (N-methyl/N-ethyl adjacent to an activating group) is 2. The molecule has 0 unspecified atom stereocenters. The maximum atomic E-state index is 6.48. The standard InChI is InChI=1S/C18H31OSi.C6H16N2.BrH.Pd/c1-13-11-14(17(2,3)4)16(19-20(8,9)10)15(12-13)18(5,6)7;1-7(2)5-6-8(3)4;;/h11-12H,1H2,2-10H3;5-6H2,1-4H3;1H;/q-1;;;+2/p-1. The molecule has 0 aliphatic carbocycles. The van der Waals surface area contributed by atoms with Crippen LogP contribution in [0.25, 0.3) is 0 Å². The number of benzene rings is 1. The van der Waals surface area contributed by atoms with Crippen molar-refractivity contribution in [3.05, 3.63) is 35.7 Å². The summed E-state index contributed by atoms with van der Waals surface area (Å²) in [5, 5.41) is 0. The fourth-order valence-electron chi connectivity index (χ4n) is 2.62. The van der Waals surface area contributed by atoms with Crippen molar-refractivity contribution in [2.75, 3.05) is 41.3 Å². The molecule has 0 aliphatic heterocycles. The van der Waals surface area contributed by atoms with Gasteiger partial charge in [0.2, 0.25) is 8.32 Å². The molecule has 0 radical (unpaired) electrons. The fourth-order valence-corrected chi connectivity index (χ4v) is 3.45. The Kier molecular flexibility index (Phi) is 14.7. The van der Waals surface area contributed by atoms with Crippen LogP contribution in [0.2, 0.25) is 19.6 Å². The quantitative estimate of drug-likeness (QED) is 0.282. The van der Waals surface area contributed by atoms with Gasteiger partial charge in [-0.1, -0.05) is 52.7 Å². The molecule has 6 heteroatoms. The van der Waals surface area contributed by atoms with Crippen molar-refractivity contribution < 1.29 is 21.6 Å². The molecule has 0 aromatic heterocycles. The SMILES string of the molecule is CN(C)CCN(C)C.[Br][Pd+].[CH2-]c1cc(C(C)(C)C)c(O[Si](C)(C)C)c(C(C)(C)C)c1. The van der Waals surface area contributed by atoms with Crippen molar-refractivity contribution >= 4 is 21.7 Å². The third-order valence-electron chi connectivity index (χ3n) is 4.17. The molecule has 3 nitrogen and oxygen atoms in total. The Labute approximate surface area is 207 Å². The summed E-state index contributed by atoms with van der Waals surface area (Å²) in [5.74, 6) is 1.09. The minimum Gasteiger partial charge on any atom is -0.545 e. The Balaban J connectivity index is 0. The summed E-state index contributed by atoms with van der Waals surface area (Å²) >= 11 is 5.35. The second-order valence-corrected chi connectivity index (χ2v) is 15.8. The van der Waals surface area contributed by atoms with E-state index in [0.29, 0.717) is 0 Å². The van der Waals surface area contributed by atoms with Crippen LogP contribution in [-0.2, 0) is 28.0 Å². The van der Waals surface area contributed by atoms with E-state index in [-0.39, 0.29) is 10.8 Å². The van der Waals surface area contributed by atoms with Gasteiger partial charge in [0.1, 0.15) is 0 Å². The third-order valence-corrected chi connectivity index (χ3v) is 4.98. The molecule has 0 spiro atoms. The van der Waals surface area contributed by atoms with Gasteiger partial charge in [0.25, 0.3) is 0 Å². The van der Waals surface area contributed by atoms with E-state index in [0.717, 1.165) is 24.4 Å². The smallest absolute Gasteiger partial charge is 0.242 e. The first-order chi connectivity index (χ1) is 13.3. The Morgan fingerprint density at radius 3 is 1.33 bits per heavy atom. The Hall–Kier alpha value is 0.169. The molecule has 1 aromatic rings. The second-order valence-electron chi connectivity index (χ2n) is 11.3. The van der Waals surface area contributed by atoms with Gasteiger partial charge in [-0.15, -0.1) is 0 Å². The van der Waals surface area contributed by atoms with E-state index in [4.69, 9.17) is 4.43 Å². The van der Waals surface area contributed by atoms with Crippen LogP contribution in [0.3, 0.4) is 0 Å². The van der Waals surface area contributed by atoms with Gasteiger partial charge in [-0.25, -0.2) is 0 Å². The molecule has 0 atom stereocenters. The van der Waals surface area contributed by atoms with Crippen molar-refractivity contribution in [3.8, 4) is 5.75 Å². The van der Waals surface area contributed by atoms with Gasteiger partial charge in [0.15, 0.2) is 0 Å². The van der Waals surface area contributed by atoms with Gasteiger partial charge in [0.05, 0.1) is 5.75 Å². The van der Waals surface area contributed by atoms with Crippen LogP contribution in [-0.4, -0.2) is 59.4 Å². The van der Waals surface area contributed by atoms with Crippen molar-refractivity contribution in [1.29, 1.82) is 0 Å². The molecule has 0 fully saturated rings. The molecule has 0 amide bonds. The van der Waals surface area contributed by atoms with E-state index in [1.54, 1.807) is 0 Å². The number of rotatable bonds is 5. The summed E-state index contributed by atoms with van der Waals surface area (Å²) < 4.78 is 6.48. The Bertz CT molecular complexity index is 572. The molecule has 0 bridgehead atoms. The van der Waals surface area contributed by atoms with Crippen molar-refractivity contribution in [2.45, 2.75) is 72.0 Å².